The SMILES string of the molecule is Cc1cccc(-n2c(=O)c3c4c(sc3n3c(SC(C)C)nnc23)COC(C)(C)C4)c1. The van der Waals surface area contributed by atoms with Crippen molar-refractivity contribution in [1.29, 1.82) is 0 Å². The molecule has 0 aliphatic carbocycles. The Morgan fingerprint density at radius 3 is 2.80 bits per heavy atom. The van der Waals surface area contributed by atoms with Crippen LogP contribution in [-0.4, -0.2) is 30.0 Å². The van der Waals surface area contributed by atoms with E-state index in [-0.39, 0.29) is 11.2 Å². The number of hydrogen-bond donors (Lipinski definition) is 0. The second-order valence-electron chi connectivity index (χ2n) is 8.67. The molecule has 0 amide bonds. The number of rotatable bonds is 3. The normalized spacial score (nSPS) is 15.9. The van der Waals surface area contributed by atoms with Crippen molar-refractivity contribution in [1.82, 2.24) is 19.2 Å². The minimum atomic E-state index is -0.292. The first kappa shape index (κ1) is 19.8. The van der Waals surface area contributed by atoms with Gasteiger partial charge in [0.15, 0.2) is 5.16 Å². The molecule has 5 rings (SSSR count). The number of ether oxygens (including phenoxy) is 1. The average molecular weight is 441 g/mol. The maximum absolute atomic E-state index is 13.9. The molecule has 30 heavy (non-hydrogen) atoms. The summed E-state index contributed by atoms with van der Waals surface area (Å²) in [5.74, 6) is 0.556. The van der Waals surface area contributed by atoms with Gasteiger partial charge in [0.1, 0.15) is 4.83 Å². The number of aromatic nitrogens is 4. The Balaban J connectivity index is 1.93. The standard InChI is InChI=1S/C22H24N4O2S2/c1-12(2)29-21-24-23-20-25(14-8-6-7-13(3)9-14)18(27)17-15-10-22(4,5)28-11-16(15)30-19(17)26(20)21/h6-9,12H,10-11H2,1-5H3. The summed E-state index contributed by atoms with van der Waals surface area (Å²) in [5, 5.41) is 10.8. The van der Waals surface area contributed by atoms with Crippen molar-refractivity contribution in [3.05, 3.63) is 50.6 Å². The molecule has 0 saturated carbocycles. The molecular formula is C22H24N4O2S2. The lowest BCUT2D eigenvalue weighted by atomic mass is 9.94. The fourth-order valence-corrected chi connectivity index (χ4v) is 6.06. The molecule has 6 nitrogen and oxygen atoms in total. The Hall–Kier alpha value is -2.16. The maximum Gasteiger partial charge on any atom is 0.268 e. The number of aryl methyl sites for hydroxylation is 1. The van der Waals surface area contributed by atoms with Gasteiger partial charge in [-0.05, 0) is 44.0 Å². The summed E-state index contributed by atoms with van der Waals surface area (Å²) in [4.78, 5) is 15.9. The Morgan fingerprint density at radius 1 is 1.27 bits per heavy atom. The quantitative estimate of drug-likeness (QED) is 0.430. The van der Waals surface area contributed by atoms with Gasteiger partial charge in [0.25, 0.3) is 5.56 Å². The summed E-state index contributed by atoms with van der Waals surface area (Å²) in [5.41, 5.74) is 2.68. The van der Waals surface area contributed by atoms with Gasteiger partial charge >= 0.3 is 0 Å². The molecule has 1 aliphatic rings. The van der Waals surface area contributed by atoms with Crippen LogP contribution in [0, 0.1) is 6.92 Å². The zero-order valence-corrected chi connectivity index (χ0v) is 19.4. The predicted octanol–water partition coefficient (Wildman–Crippen LogP) is 4.76. The molecule has 0 unspecified atom stereocenters. The molecule has 3 aromatic heterocycles. The molecular weight excluding hydrogens is 416 g/mol. The minimum absolute atomic E-state index is 0.0354. The van der Waals surface area contributed by atoms with E-state index in [1.165, 1.54) is 0 Å². The van der Waals surface area contributed by atoms with Gasteiger partial charge in [0.05, 0.1) is 23.3 Å². The lowest BCUT2D eigenvalue weighted by Gasteiger charge is -2.29. The molecule has 4 heterocycles. The Bertz CT molecular complexity index is 1350. The summed E-state index contributed by atoms with van der Waals surface area (Å²) in [6.07, 6.45) is 0.714. The topological polar surface area (TPSA) is 61.4 Å². The molecule has 1 aliphatic heterocycles. The summed E-state index contributed by atoms with van der Waals surface area (Å²) in [6.45, 7) is 11.0. The van der Waals surface area contributed by atoms with Gasteiger partial charge in [-0.15, -0.1) is 21.5 Å². The third-order valence-electron chi connectivity index (χ3n) is 5.31. The first-order valence-corrected chi connectivity index (χ1v) is 11.8. The fraction of sp³-hybridized carbons (Fsp3) is 0.409. The molecule has 4 aromatic rings. The second-order valence-corrected chi connectivity index (χ2v) is 11.3. The van der Waals surface area contributed by atoms with Crippen LogP contribution in [0.3, 0.4) is 0 Å². The van der Waals surface area contributed by atoms with Crippen molar-refractivity contribution in [3.63, 3.8) is 0 Å². The number of thioether (sulfide) groups is 1. The van der Waals surface area contributed by atoms with Gasteiger partial charge in [0.2, 0.25) is 5.78 Å². The first-order chi connectivity index (χ1) is 14.2. The molecule has 1 aromatic carbocycles. The highest BCUT2D eigenvalue weighted by Gasteiger charge is 2.32. The molecule has 0 N–H and O–H groups in total. The van der Waals surface area contributed by atoms with Gasteiger partial charge in [0, 0.05) is 16.5 Å². The molecule has 0 bridgehead atoms. The van der Waals surface area contributed by atoms with Crippen LogP contribution < -0.4 is 5.56 Å². The van der Waals surface area contributed by atoms with Crippen LogP contribution in [0.4, 0.5) is 0 Å². The van der Waals surface area contributed by atoms with E-state index in [4.69, 9.17) is 4.74 Å². The van der Waals surface area contributed by atoms with Gasteiger partial charge < -0.3 is 4.74 Å². The summed E-state index contributed by atoms with van der Waals surface area (Å²) in [6, 6.07) is 7.97. The van der Waals surface area contributed by atoms with Crippen LogP contribution in [0.2, 0.25) is 0 Å². The van der Waals surface area contributed by atoms with Crippen LogP contribution in [-0.2, 0) is 17.8 Å². The van der Waals surface area contributed by atoms with E-state index in [9.17, 15) is 4.79 Å². The van der Waals surface area contributed by atoms with Crippen LogP contribution in [0.1, 0.15) is 43.7 Å². The maximum atomic E-state index is 13.9. The van der Waals surface area contributed by atoms with E-state index in [1.54, 1.807) is 27.7 Å². The van der Waals surface area contributed by atoms with E-state index in [0.717, 1.165) is 37.1 Å². The van der Waals surface area contributed by atoms with Crippen LogP contribution in [0.15, 0.2) is 34.2 Å². The second kappa shape index (κ2) is 6.93. The lowest BCUT2D eigenvalue weighted by molar-refractivity contribution is -0.0379. The van der Waals surface area contributed by atoms with E-state index in [1.807, 2.05) is 31.2 Å². The highest BCUT2D eigenvalue weighted by Crippen LogP contribution is 2.39. The molecule has 0 saturated heterocycles. The number of fused-ring (bicyclic) bond motifs is 5. The number of benzene rings is 1. The zero-order chi connectivity index (χ0) is 21.2. The van der Waals surface area contributed by atoms with Gasteiger partial charge in [-0.1, -0.05) is 37.7 Å². The van der Waals surface area contributed by atoms with Gasteiger partial charge in [-0.3, -0.25) is 4.79 Å². The highest BCUT2D eigenvalue weighted by molar-refractivity contribution is 7.99. The van der Waals surface area contributed by atoms with Crippen LogP contribution in [0.25, 0.3) is 21.7 Å². The average Bonchev–Trinajstić information content (AvgIpc) is 3.22. The third kappa shape index (κ3) is 3.09. The number of nitrogens with zero attached hydrogens (tertiary/aromatic N) is 4. The van der Waals surface area contributed by atoms with Crippen molar-refractivity contribution in [2.75, 3.05) is 0 Å². The van der Waals surface area contributed by atoms with E-state index >= 15 is 0 Å². The molecule has 0 fully saturated rings. The van der Waals surface area contributed by atoms with Gasteiger partial charge in [-0.2, -0.15) is 0 Å². The smallest absolute Gasteiger partial charge is 0.268 e. The fourth-order valence-electron chi connectivity index (χ4n) is 3.99. The predicted molar refractivity (Wildman–Crippen MR) is 122 cm³/mol. The summed E-state index contributed by atoms with van der Waals surface area (Å²) in [7, 11) is 0. The Kier molecular flexibility index (Phi) is 4.57. The first-order valence-electron chi connectivity index (χ1n) is 10.1. The third-order valence-corrected chi connectivity index (χ3v) is 7.44. The number of hydrogen-bond acceptors (Lipinski definition) is 6. The van der Waals surface area contributed by atoms with Crippen molar-refractivity contribution < 1.29 is 4.74 Å². The highest BCUT2D eigenvalue weighted by atomic mass is 32.2. The zero-order valence-electron chi connectivity index (χ0n) is 17.7. The summed E-state index contributed by atoms with van der Waals surface area (Å²) < 4.78 is 9.80. The lowest BCUT2D eigenvalue weighted by Crippen LogP contribution is -2.32. The summed E-state index contributed by atoms with van der Waals surface area (Å²) >= 11 is 3.29. The van der Waals surface area contributed by atoms with Gasteiger partial charge in [-0.25, -0.2) is 8.97 Å². The van der Waals surface area contributed by atoms with E-state index in [2.05, 4.69) is 42.3 Å². The van der Waals surface area contributed by atoms with E-state index < -0.39 is 0 Å². The van der Waals surface area contributed by atoms with Crippen LogP contribution >= 0.6 is 23.1 Å². The Labute approximate surface area is 182 Å². The largest absolute Gasteiger partial charge is 0.370 e. The monoisotopic (exact) mass is 440 g/mol. The number of thiophene rings is 1. The van der Waals surface area contributed by atoms with Crippen molar-refractivity contribution in [3.8, 4) is 5.69 Å². The minimum Gasteiger partial charge on any atom is -0.370 e. The van der Waals surface area contributed by atoms with Crippen molar-refractivity contribution in [2.24, 2.45) is 0 Å². The Morgan fingerprint density at radius 2 is 2.07 bits per heavy atom. The van der Waals surface area contributed by atoms with E-state index in [0.29, 0.717) is 24.1 Å². The molecule has 0 spiro atoms. The molecule has 0 atom stereocenters. The molecule has 8 heteroatoms. The van der Waals surface area contributed by atoms with Crippen LogP contribution in [0.5, 0.6) is 0 Å². The van der Waals surface area contributed by atoms with Crippen molar-refractivity contribution in [2.45, 2.75) is 63.7 Å². The van der Waals surface area contributed by atoms with Crippen molar-refractivity contribution >= 4 is 39.1 Å². The molecule has 0 radical (unpaired) electrons. The molecule has 156 valence electrons.